The van der Waals surface area contributed by atoms with E-state index in [1.807, 2.05) is 30.3 Å². The lowest BCUT2D eigenvalue weighted by Gasteiger charge is -2.31. The average molecular weight is 742 g/mol. The number of methoxy groups -OCH3 is 2. The fraction of sp³-hybridized carbons (Fsp3) is 0.512. The molecule has 2 atom stereocenters. The van der Waals surface area contributed by atoms with Crippen LogP contribution in [0.25, 0.3) is 0 Å². The van der Waals surface area contributed by atoms with Gasteiger partial charge >= 0.3 is 0 Å². The third-order valence-corrected chi connectivity index (χ3v) is 10.6. The molecule has 5 rings (SSSR count). The Balaban J connectivity index is 0.00000319. The largest absolute Gasteiger partial charge is 0.493 e. The summed E-state index contributed by atoms with van der Waals surface area (Å²) in [7, 11) is 5.18. The Bertz CT molecular complexity index is 1780. The molecule has 0 spiro atoms. The second-order valence-corrected chi connectivity index (χ2v) is 16.1. The minimum atomic E-state index is -0.142. The summed E-state index contributed by atoms with van der Waals surface area (Å²) < 4.78 is 24.1. The number of rotatable bonds is 15. The van der Waals surface area contributed by atoms with Crippen molar-refractivity contribution < 1.29 is 28.5 Å². The van der Waals surface area contributed by atoms with E-state index in [2.05, 4.69) is 70.5 Å². The van der Waals surface area contributed by atoms with E-state index in [-0.39, 0.29) is 34.7 Å². The Hall–Kier alpha value is -4.95. The molecule has 3 heterocycles. The molecule has 0 saturated carbocycles. The Morgan fingerprint density at radius 3 is 2.20 bits per heavy atom. The van der Waals surface area contributed by atoms with Gasteiger partial charge in [-0.25, -0.2) is 0 Å². The van der Waals surface area contributed by atoms with Gasteiger partial charge in [-0.05, 0) is 61.1 Å². The van der Waals surface area contributed by atoms with E-state index >= 15 is 0 Å². The highest BCUT2D eigenvalue weighted by Gasteiger charge is 2.35. The zero-order chi connectivity index (χ0) is 40.0. The first-order valence-electron chi connectivity index (χ1n) is 18.5. The predicted octanol–water partition coefficient (Wildman–Crippen LogP) is 6.92. The van der Waals surface area contributed by atoms with Crippen molar-refractivity contribution in [2.75, 3.05) is 65.6 Å². The van der Waals surface area contributed by atoms with Crippen molar-refractivity contribution in [3.63, 3.8) is 0 Å². The Labute approximate surface area is 322 Å². The number of carbonyl (C=O) groups excluding carboxylic acids is 2. The van der Waals surface area contributed by atoms with Gasteiger partial charge in [0, 0.05) is 57.6 Å². The summed E-state index contributed by atoms with van der Waals surface area (Å²) in [6.07, 6.45) is 13.3. The monoisotopic (exact) mass is 741 g/mol. The average Bonchev–Trinajstić information content (AvgIpc) is 3.45. The molecule has 0 bridgehead atoms. The summed E-state index contributed by atoms with van der Waals surface area (Å²) in [6, 6.07) is 7.28. The number of likely N-dealkylation sites (N-methyl/N-ethyl adjacent to an activating group) is 1. The van der Waals surface area contributed by atoms with Gasteiger partial charge in [-0.3, -0.25) is 14.6 Å². The smallest absolute Gasteiger partial charge is 0.257 e. The number of hydrogen-bond donors (Lipinski definition) is 1. The van der Waals surface area contributed by atoms with Crippen molar-refractivity contribution in [3.8, 4) is 35.8 Å². The molecule has 0 radical (unpaired) electrons. The molecular weight excluding hydrogens is 683 g/mol. The van der Waals surface area contributed by atoms with Gasteiger partial charge in [0.1, 0.15) is 0 Å². The van der Waals surface area contributed by atoms with Crippen molar-refractivity contribution in [2.45, 2.75) is 72.4 Å². The van der Waals surface area contributed by atoms with E-state index in [9.17, 15) is 9.59 Å². The highest BCUT2D eigenvalue weighted by Crippen LogP contribution is 2.41. The maximum atomic E-state index is 13.6. The number of amides is 2. The Morgan fingerprint density at radius 2 is 1.56 bits per heavy atom. The van der Waals surface area contributed by atoms with Crippen LogP contribution in [0.15, 0.2) is 53.6 Å². The summed E-state index contributed by atoms with van der Waals surface area (Å²) in [5, 5.41) is 0. The van der Waals surface area contributed by atoms with E-state index in [0.717, 1.165) is 42.5 Å². The minimum Gasteiger partial charge on any atom is -0.493 e. The molecule has 3 aliphatic heterocycles. The van der Waals surface area contributed by atoms with Crippen molar-refractivity contribution in [1.82, 2.24) is 9.80 Å². The summed E-state index contributed by atoms with van der Waals surface area (Å²) in [6.45, 7) is 21.9. The van der Waals surface area contributed by atoms with E-state index in [1.165, 1.54) is 0 Å². The van der Waals surface area contributed by atoms with Crippen LogP contribution in [-0.2, 0) is 0 Å². The van der Waals surface area contributed by atoms with Gasteiger partial charge in [-0.2, -0.15) is 0 Å². The van der Waals surface area contributed by atoms with Gasteiger partial charge in [0.15, 0.2) is 23.0 Å². The topological polar surface area (TPSA) is 119 Å². The number of nitrogens with zero attached hydrogens (tertiary/aromatic N) is 4. The number of terminal acetylenes is 1. The lowest BCUT2D eigenvalue weighted by atomic mass is 9.78. The third kappa shape index (κ3) is 9.58. The van der Waals surface area contributed by atoms with Crippen LogP contribution in [-0.4, -0.2) is 101 Å². The van der Waals surface area contributed by atoms with Crippen molar-refractivity contribution in [1.29, 1.82) is 0 Å². The van der Waals surface area contributed by atoms with E-state index in [1.54, 1.807) is 31.3 Å². The van der Waals surface area contributed by atoms with Crippen molar-refractivity contribution in [3.05, 3.63) is 59.7 Å². The quantitative estimate of drug-likeness (QED) is 0.155. The molecular formula is C43H59N5O6. The van der Waals surface area contributed by atoms with Crippen LogP contribution in [0.1, 0.15) is 81.0 Å². The highest BCUT2D eigenvalue weighted by molar-refractivity contribution is 6.04. The molecule has 0 aromatic heterocycles. The normalized spacial score (nSPS) is 18.1. The lowest BCUT2D eigenvalue weighted by Crippen LogP contribution is -2.40. The van der Waals surface area contributed by atoms with Gasteiger partial charge in [0.2, 0.25) is 0 Å². The maximum Gasteiger partial charge on any atom is 0.257 e. The molecule has 11 heteroatoms. The molecule has 2 aromatic carbocycles. The molecule has 2 aromatic rings. The molecule has 2 amide bonds. The standard InChI is InChI=1S/C41H57N5O6.C2H2/c1-26-15-29-21-43-32-18-36(34(49-9)16-30(32)39(48)46(29)23-26)52-25-41(6,7)12-11-40(4,5)13-14-51-37-19-33-31(17-35(37)50-10)38(47)45(22-27(2)20-42)24-28(3)44(33)8;1-2/h16-19,21,28-29H,1-2,11-15,20,22-25,42H2,3-10H3;1-2H. The number of aliphatic imine (C=N–C) groups is 1. The Morgan fingerprint density at radius 1 is 0.926 bits per heavy atom. The molecule has 54 heavy (non-hydrogen) atoms. The first kappa shape index (κ1) is 41.8. The number of hydrogen-bond acceptors (Lipinski definition) is 9. The van der Waals surface area contributed by atoms with E-state index < -0.39 is 0 Å². The summed E-state index contributed by atoms with van der Waals surface area (Å²) in [5.41, 5.74) is 9.96. The van der Waals surface area contributed by atoms with Gasteiger partial charge < -0.3 is 39.4 Å². The van der Waals surface area contributed by atoms with Gasteiger partial charge in [-0.1, -0.05) is 46.4 Å². The fourth-order valence-corrected chi connectivity index (χ4v) is 6.88. The Kier molecular flexibility index (Phi) is 13.5. The predicted molar refractivity (Wildman–Crippen MR) is 217 cm³/mol. The number of carbonyl (C=O) groups is 2. The molecule has 1 saturated heterocycles. The highest BCUT2D eigenvalue weighted by atomic mass is 16.5. The van der Waals surface area contributed by atoms with Crippen molar-refractivity contribution >= 4 is 29.4 Å². The van der Waals surface area contributed by atoms with Gasteiger partial charge in [0.25, 0.3) is 11.8 Å². The summed E-state index contributed by atoms with van der Waals surface area (Å²) >= 11 is 0. The van der Waals surface area contributed by atoms with Crippen LogP contribution in [0.5, 0.6) is 23.0 Å². The molecule has 0 aliphatic carbocycles. The summed E-state index contributed by atoms with van der Waals surface area (Å²) in [5.74, 6) is 2.09. The molecule has 2 unspecified atom stereocenters. The summed E-state index contributed by atoms with van der Waals surface area (Å²) in [4.78, 5) is 37.4. The second-order valence-electron chi connectivity index (χ2n) is 16.1. The maximum absolute atomic E-state index is 13.6. The first-order valence-corrected chi connectivity index (χ1v) is 18.5. The van der Waals surface area contributed by atoms with Crippen LogP contribution in [0, 0.1) is 23.7 Å². The fourth-order valence-electron chi connectivity index (χ4n) is 6.88. The molecule has 1 fully saturated rings. The number of nitrogens with two attached hydrogens (primary N) is 1. The zero-order valence-electron chi connectivity index (χ0n) is 33.5. The third-order valence-electron chi connectivity index (χ3n) is 10.6. The minimum absolute atomic E-state index is 0.0150. The molecule has 2 N–H and O–H groups in total. The number of anilines is 1. The van der Waals surface area contributed by atoms with Gasteiger partial charge in [0.05, 0.1) is 56.0 Å². The van der Waals surface area contributed by atoms with Crippen LogP contribution in [0.3, 0.4) is 0 Å². The zero-order valence-corrected chi connectivity index (χ0v) is 33.5. The van der Waals surface area contributed by atoms with E-state index in [4.69, 9.17) is 24.7 Å². The first-order chi connectivity index (χ1) is 25.6. The van der Waals surface area contributed by atoms with Crippen molar-refractivity contribution in [2.24, 2.45) is 21.6 Å². The lowest BCUT2D eigenvalue weighted by molar-refractivity contribution is 0.0765. The second kappa shape index (κ2) is 17.5. The van der Waals surface area contributed by atoms with E-state index in [0.29, 0.717) is 79.2 Å². The number of ether oxygens (including phenoxy) is 4. The molecule has 3 aliphatic rings. The van der Waals surface area contributed by atoms with Crippen LogP contribution in [0.4, 0.5) is 11.4 Å². The molecule has 11 nitrogen and oxygen atoms in total. The number of fused-ring (bicyclic) bond motifs is 3. The van der Waals surface area contributed by atoms with Crippen LogP contribution >= 0.6 is 0 Å². The van der Waals surface area contributed by atoms with Crippen LogP contribution in [0.2, 0.25) is 0 Å². The van der Waals surface area contributed by atoms with Gasteiger partial charge in [-0.15, -0.1) is 12.8 Å². The van der Waals surface area contributed by atoms with Crippen LogP contribution < -0.4 is 29.6 Å². The number of benzene rings is 2. The molecule has 292 valence electrons. The SMILES string of the molecule is C#C.C=C(CN)CN1CC(C)N(C)c2cc(OCCC(C)(C)CCC(C)(C)COc3cc4c(cc3OC)C(=O)N3CC(=C)CC3C=N4)c(OC)cc2C1=O.